The van der Waals surface area contributed by atoms with E-state index < -0.39 is 6.10 Å². The van der Waals surface area contributed by atoms with Gasteiger partial charge in [-0.05, 0) is 63.1 Å². The Kier molecular flexibility index (Phi) is 3.44. The number of benzene rings is 4. The lowest BCUT2D eigenvalue weighted by molar-refractivity contribution is 0.201. The molecule has 0 saturated heterocycles. The minimum absolute atomic E-state index is 0.518. The zero-order valence-corrected chi connectivity index (χ0v) is 14.7. The van der Waals surface area contributed by atoms with Crippen LogP contribution in [0.5, 0.6) is 0 Å². The van der Waals surface area contributed by atoms with Gasteiger partial charge in [-0.1, -0.05) is 78.9 Å². The highest BCUT2D eigenvalue weighted by atomic mass is 16.3. The van der Waals surface area contributed by atoms with Gasteiger partial charge in [-0.25, -0.2) is 0 Å². The second kappa shape index (κ2) is 5.82. The van der Waals surface area contributed by atoms with E-state index in [9.17, 15) is 5.11 Å². The summed E-state index contributed by atoms with van der Waals surface area (Å²) in [5, 5.41) is 12.9. The van der Waals surface area contributed by atoms with Crippen LogP contribution in [0, 0.1) is 0 Å². The molecule has 1 nitrogen and oxygen atoms in total. The van der Waals surface area contributed by atoms with Gasteiger partial charge in [0.25, 0.3) is 0 Å². The molecule has 4 aromatic carbocycles. The highest BCUT2D eigenvalue weighted by Gasteiger charge is 2.23. The Labute approximate surface area is 153 Å². The number of hydrogen-bond donors (Lipinski definition) is 1. The van der Waals surface area contributed by atoms with Gasteiger partial charge in [-0.2, -0.15) is 0 Å². The monoisotopic (exact) mass is 336 g/mol. The Morgan fingerprint density at radius 1 is 0.692 bits per heavy atom. The predicted octanol–water partition coefficient (Wildman–Crippen LogP) is 6.13. The van der Waals surface area contributed by atoms with Gasteiger partial charge in [0, 0.05) is 0 Å². The van der Waals surface area contributed by atoms with Crippen LogP contribution in [0.3, 0.4) is 0 Å². The summed E-state index contributed by atoms with van der Waals surface area (Å²) in [6.45, 7) is 1.86. The van der Waals surface area contributed by atoms with Crippen LogP contribution >= 0.6 is 0 Å². The molecule has 0 amide bonds. The van der Waals surface area contributed by atoms with Crippen LogP contribution in [0.1, 0.15) is 29.7 Å². The van der Waals surface area contributed by atoms with Crippen LogP contribution in [0.2, 0.25) is 0 Å². The Balaban J connectivity index is 1.80. The quantitative estimate of drug-likeness (QED) is 0.411. The summed E-state index contributed by atoms with van der Waals surface area (Å²) in [7, 11) is 0. The van der Waals surface area contributed by atoms with Crippen molar-refractivity contribution in [3.63, 3.8) is 0 Å². The molecule has 1 heteroatoms. The molecular formula is C25H20O. The van der Waals surface area contributed by atoms with Crippen molar-refractivity contribution < 1.29 is 5.11 Å². The van der Waals surface area contributed by atoms with E-state index in [0.29, 0.717) is 0 Å². The first-order valence-electron chi connectivity index (χ1n) is 9.14. The van der Waals surface area contributed by atoms with Gasteiger partial charge < -0.3 is 5.11 Å². The number of aliphatic hydroxyl groups excluding tert-OH is 1. The van der Waals surface area contributed by atoms with Gasteiger partial charge in [-0.3, -0.25) is 0 Å². The van der Waals surface area contributed by atoms with Gasteiger partial charge in [0.05, 0.1) is 6.10 Å². The molecule has 1 atom stereocenters. The third-order valence-corrected chi connectivity index (χ3v) is 5.53. The molecule has 4 aromatic rings. The van der Waals surface area contributed by atoms with Gasteiger partial charge in [0.2, 0.25) is 0 Å². The van der Waals surface area contributed by atoms with Crippen molar-refractivity contribution >= 4 is 10.8 Å². The van der Waals surface area contributed by atoms with Crippen molar-refractivity contribution in [1.29, 1.82) is 0 Å². The predicted molar refractivity (Wildman–Crippen MR) is 108 cm³/mol. The average molecular weight is 336 g/mol. The van der Waals surface area contributed by atoms with E-state index in [2.05, 4.69) is 66.7 Å². The van der Waals surface area contributed by atoms with Crippen LogP contribution in [-0.4, -0.2) is 5.11 Å². The molecule has 0 fully saturated rings. The van der Waals surface area contributed by atoms with Crippen molar-refractivity contribution in [3.05, 3.63) is 95.6 Å². The fourth-order valence-corrected chi connectivity index (χ4v) is 4.39. The molecule has 126 valence electrons. The molecular weight excluding hydrogens is 316 g/mol. The van der Waals surface area contributed by atoms with Crippen LogP contribution in [0.4, 0.5) is 0 Å². The second-order valence-corrected chi connectivity index (χ2v) is 7.09. The number of fused-ring (bicyclic) bond motifs is 4. The summed E-state index contributed by atoms with van der Waals surface area (Å²) in [6, 6.07) is 27.8. The normalized spacial score (nSPS) is 13.5. The lowest BCUT2D eigenvalue weighted by Gasteiger charge is -2.18. The highest BCUT2D eigenvalue weighted by Crippen LogP contribution is 2.44. The van der Waals surface area contributed by atoms with Gasteiger partial charge >= 0.3 is 0 Å². The maximum atomic E-state index is 10.6. The fourth-order valence-electron chi connectivity index (χ4n) is 4.39. The van der Waals surface area contributed by atoms with Gasteiger partial charge in [0.15, 0.2) is 0 Å². The van der Waals surface area contributed by atoms with Crippen molar-refractivity contribution in [2.24, 2.45) is 0 Å². The van der Waals surface area contributed by atoms with Crippen molar-refractivity contribution in [2.75, 3.05) is 0 Å². The first kappa shape index (κ1) is 15.4. The van der Waals surface area contributed by atoms with Crippen LogP contribution in [-0.2, 0) is 6.42 Å². The Morgan fingerprint density at radius 3 is 2.23 bits per heavy atom. The Morgan fingerprint density at radius 2 is 1.38 bits per heavy atom. The van der Waals surface area contributed by atoms with E-state index in [1.807, 2.05) is 19.1 Å². The molecule has 1 unspecified atom stereocenters. The molecule has 26 heavy (non-hydrogen) atoms. The first-order valence-corrected chi connectivity index (χ1v) is 9.14. The van der Waals surface area contributed by atoms with E-state index in [1.54, 1.807) is 0 Å². The third-order valence-electron chi connectivity index (χ3n) is 5.53. The van der Waals surface area contributed by atoms with Crippen molar-refractivity contribution in [1.82, 2.24) is 0 Å². The summed E-state index contributed by atoms with van der Waals surface area (Å²) in [5.74, 6) is 0. The maximum absolute atomic E-state index is 10.6. The van der Waals surface area contributed by atoms with Crippen molar-refractivity contribution in [3.8, 4) is 22.3 Å². The molecule has 0 saturated carbocycles. The van der Waals surface area contributed by atoms with Gasteiger partial charge in [0.1, 0.15) is 0 Å². The lowest BCUT2D eigenvalue weighted by Crippen LogP contribution is -1.99. The first-order chi connectivity index (χ1) is 12.7. The van der Waals surface area contributed by atoms with Crippen LogP contribution in [0.25, 0.3) is 33.0 Å². The molecule has 1 N–H and O–H groups in total. The number of aliphatic hydroxyl groups is 1. The summed E-state index contributed by atoms with van der Waals surface area (Å²) in [6.07, 6.45) is 0.434. The fraction of sp³-hybridized carbons (Fsp3) is 0.120. The summed E-state index contributed by atoms with van der Waals surface area (Å²) >= 11 is 0. The largest absolute Gasteiger partial charge is 0.389 e. The standard InChI is InChI=1S/C25H20O/c1-16(26)25-20-10-5-2-7-17(20)13-14-23(25)22-12-6-11-21-19-9-4-3-8-18(19)15-24(21)22/h2-14,16,26H,15H2,1H3. The molecule has 0 aromatic heterocycles. The lowest BCUT2D eigenvalue weighted by atomic mass is 9.88. The van der Waals surface area contributed by atoms with Crippen LogP contribution < -0.4 is 0 Å². The summed E-state index contributed by atoms with van der Waals surface area (Å²) < 4.78 is 0. The molecule has 5 rings (SSSR count). The molecule has 0 aliphatic heterocycles. The highest BCUT2D eigenvalue weighted by molar-refractivity contribution is 5.94. The summed E-state index contributed by atoms with van der Waals surface area (Å²) in [4.78, 5) is 0. The number of rotatable bonds is 2. The molecule has 0 bridgehead atoms. The minimum Gasteiger partial charge on any atom is -0.389 e. The zero-order chi connectivity index (χ0) is 17.7. The minimum atomic E-state index is -0.518. The molecule has 0 radical (unpaired) electrons. The summed E-state index contributed by atoms with van der Waals surface area (Å²) in [5.41, 5.74) is 8.81. The van der Waals surface area contributed by atoms with E-state index in [1.165, 1.54) is 33.2 Å². The topological polar surface area (TPSA) is 20.2 Å². The van der Waals surface area contributed by atoms with E-state index in [0.717, 1.165) is 22.9 Å². The SMILES string of the molecule is CC(O)c1c(-c2cccc3c2Cc2ccccc2-3)ccc2ccccc12. The van der Waals surface area contributed by atoms with Crippen LogP contribution in [0.15, 0.2) is 78.9 Å². The smallest absolute Gasteiger partial charge is 0.0773 e. The van der Waals surface area contributed by atoms with Gasteiger partial charge in [-0.15, -0.1) is 0 Å². The molecule has 1 aliphatic carbocycles. The average Bonchev–Trinajstić information content (AvgIpc) is 3.05. The van der Waals surface area contributed by atoms with E-state index in [4.69, 9.17) is 0 Å². The molecule has 0 spiro atoms. The number of hydrogen-bond acceptors (Lipinski definition) is 1. The maximum Gasteiger partial charge on any atom is 0.0773 e. The van der Waals surface area contributed by atoms with Crippen molar-refractivity contribution in [2.45, 2.75) is 19.4 Å². The second-order valence-electron chi connectivity index (χ2n) is 7.09. The van der Waals surface area contributed by atoms with E-state index >= 15 is 0 Å². The third kappa shape index (κ3) is 2.21. The molecule has 1 aliphatic rings. The Bertz CT molecular complexity index is 1140. The molecule has 0 heterocycles. The Hall–Kier alpha value is -2.90. The van der Waals surface area contributed by atoms with E-state index in [-0.39, 0.29) is 0 Å². The zero-order valence-electron chi connectivity index (χ0n) is 14.7.